The number of hydrogen-bond acceptors (Lipinski definition) is 3. The minimum atomic E-state index is -5.00. The second-order valence-corrected chi connectivity index (χ2v) is 8.20. The van der Waals surface area contributed by atoms with Crippen LogP contribution in [0.15, 0.2) is 29.4 Å². The van der Waals surface area contributed by atoms with Crippen LogP contribution in [0.4, 0.5) is 13.2 Å². The van der Waals surface area contributed by atoms with Crippen molar-refractivity contribution in [1.82, 2.24) is 5.01 Å². The molecule has 1 aromatic rings. The van der Waals surface area contributed by atoms with E-state index < -0.39 is 24.2 Å². The number of rotatable bonds is 3. The van der Waals surface area contributed by atoms with Gasteiger partial charge in [-0.25, -0.2) is 0 Å². The molecule has 0 unspecified atom stereocenters. The number of hydrogen-bond donors (Lipinski definition) is 1. The fourth-order valence-electron chi connectivity index (χ4n) is 2.87. The summed E-state index contributed by atoms with van der Waals surface area (Å²) in [7, 11) is 0. The summed E-state index contributed by atoms with van der Waals surface area (Å²) in [5, 5.41) is 14.3. The Labute approximate surface area is 151 Å². The number of alkyl halides is 3. The van der Waals surface area contributed by atoms with Crippen LogP contribution in [-0.2, 0) is 5.41 Å². The summed E-state index contributed by atoms with van der Waals surface area (Å²) in [4.78, 5) is 12.7. The molecule has 2 rings (SSSR count). The maximum absolute atomic E-state index is 13.5. The molecule has 7 heteroatoms. The molecule has 0 bridgehead atoms. The standard InChI is InChI=1S/C19H25F3N2O2/c1-12(2)10-15-11-18(26,19(20,21)22)24(23-15)16(25)13-6-8-14(9-7-13)17(3,4)5/h6-9,12,26H,10-11H2,1-5H3/t18-/m1/s1. The SMILES string of the molecule is CC(C)CC1=NN(C(=O)c2ccc(C(C)(C)C)cc2)[C@](O)(C(F)(F)F)C1. The molecule has 1 heterocycles. The predicted octanol–water partition coefficient (Wildman–Crippen LogP) is 4.48. The molecule has 1 atom stereocenters. The van der Waals surface area contributed by atoms with Gasteiger partial charge in [0.05, 0.1) is 0 Å². The number of carbonyl (C=O) groups is 1. The van der Waals surface area contributed by atoms with Crippen LogP contribution in [-0.4, -0.2) is 33.6 Å². The van der Waals surface area contributed by atoms with Crippen molar-refractivity contribution in [2.75, 3.05) is 0 Å². The Balaban J connectivity index is 2.38. The lowest BCUT2D eigenvalue weighted by Crippen LogP contribution is -2.56. The van der Waals surface area contributed by atoms with Crippen molar-refractivity contribution in [1.29, 1.82) is 0 Å². The smallest absolute Gasteiger partial charge is 0.362 e. The van der Waals surface area contributed by atoms with E-state index in [-0.39, 0.29) is 34.0 Å². The van der Waals surface area contributed by atoms with Gasteiger partial charge in [-0.2, -0.15) is 23.3 Å². The number of hydrazone groups is 1. The summed E-state index contributed by atoms with van der Waals surface area (Å²) in [5.41, 5.74) is -2.29. The number of benzene rings is 1. The monoisotopic (exact) mass is 370 g/mol. The zero-order valence-corrected chi connectivity index (χ0v) is 15.7. The van der Waals surface area contributed by atoms with Crippen LogP contribution in [0.25, 0.3) is 0 Å². The van der Waals surface area contributed by atoms with E-state index in [0.29, 0.717) is 0 Å². The summed E-state index contributed by atoms with van der Waals surface area (Å²) in [6, 6.07) is 6.34. The van der Waals surface area contributed by atoms with Crippen LogP contribution >= 0.6 is 0 Å². The van der Waals surface area contributed by atoms with Gasteiger partial charge in [0.25, 0.3) is 11.6 Å². The van der Waals surface area contributed by atoms with Gasteiger partial charge in [0.15, 0.2) is 0 Å². The molecule has 0 saturated carbocycles. The molecule has 0 radical (unpaired) electrons. The molecule has 0 fully saturated rings. The topological polar surface area (TPSA) is 52.9 Å². The number of halogens is 3. The van der Waals surface area contributed by atoms with Gasteiger partial charge in [0.2, 0.25) is 0 Å². The van der Waals surface area contributed by atoms with Crippen LogP contribution in [0.2, 0.25) is 0 Å². The molecule has 1 N–H and O–H groups in total. The molecule has 0 aliphatic carbocycles. The molecule has 26 heavy (non-hydrogen) atoms. The average molecular weight is 370 g/mol. The highest BCUT2D eigenvalue weighted by atomic mass is 19.4. The summed E-state index contributed by atoms with van der Waals surface area (Å²) < 4.78 is 40.5. The largest absolute Gasteiger partial charge is 0.438 e. The molecule has 4 nitrogen and oxygen atoms in total. The van der Waals surface area contributed by atoms with Crippen molar-refractivity contribution in [3.05, 3.63) is 35.4 Å². The number of aliphatic hydroxyl groups is 1. The van der Waals surface area contributed by atoms with E-state index in [1.165, 1.54) is 12.1 Å². The first-order valence-corrected chi connectivity index (χ1v) is 8.56. The molecule has 1 aliphatic heterocycles. The lowest BCUT2D eigenvalue weighted by molar-refractivity contribution is -0.297. The zero-order valence-electron chi connectivity index (χ0n) is 15.7. The Morgan fingerprint density at radius 1 is 1.23 bits per heavy atom. The van der Waals surface area contributed by atoms with Crippen molar-refractivity contribution in [2.45, 2.75) is 64.8 Å². The number of amides is 1. The Morgan fingerprint density at radius 3 is 2.19 bits per heavy atom. The van der Waals surface area contributed by atoms with E-state index in [1.54, 1.807) is 12.1 Å². The van der Waals surface area contributed by atoms with E-state index >= 15 is 0 Å². The lowest BCUT2D eigenvalue weighted by Gasteiger charge is -2.32. The molecule has 144 valence electrons. The van der Waals surface area contributed by atoms with Crippen molar-refractivity contribution in [3.63, 3.8) is 0 Å². The third kappa shape index (κ3) is 3.92. The van der Waals surface area contributed by atoms with E-state index in [0.717, 1.165) is 5.56 Å². The Morgan fingerprint density at radius 2 is 1.77 bits per heavy atom. The third-order valence-corrected chi connectivity index (χ3v) is 4.33. The summed E-state index contributed by atoms with van der Waals surface area (Å²) in [6.45, 7) is 9.66. The van der Waals surface area contributed by atoms with Crippen LogP contribution in [0.5, 0.6) is 0 Å². The van der Waals surface area contributed by atoms with Gasteiger partial charge in [-0.3, -0.25) is 4.79 Å². The van der Waals surface area contributed by atoms with Crippen LogP contribution in [0, 0.1) is 5.92 Å². The first-order valence-electron chi connectivity index (χ1n) is 8.56. The first kappa shape index (κ1) is 20.4. The molecule has 0 saturated heterocycles. The molecule has 0 spiro atoms. The molecule has 1 aliphatic rings. The summed E-state index contributed by atoms with van der Waals surface area (Å²) in [5.74, 6) is -0.906. The Hall–Kier alpha value is -1.89. The molecular formula is C19H25F3N2O2. The minimum absolute atomic E-state index is 0.0511. The maximum Gasteiger partial charge on any atom is 0.438 e. The predicted molar refractivity (Wildman–Crippen MR) is 93.8 cm³/mol. The van der Waals surface area contributed by atoms with E-state index in [1.807, 2.05) is 34.6 Å². The molecular weight excluding hydrogens is 345 g/mol. The summed E-state index contributed by atoms with van der Waals surface area (Å²) in [6.07, 6.45) is -5.44. The maximum atomic E-state index is 13.5. The second kappa shape index (κ2) is 6.68. The van der Waals surface area contributed by atoms with Crippen LogP contribution < -0.4 is 0 Å². The van der Waals surface area contributed by atoms with Crippen molar-refractivity contribution >= 4 is 11.6 Å². The lowest BCUT2D eigenvalue weighted by atomic mass is 9.86. The average Bonchev–Trinajstić information content (AvgIpc) is 2.82. The van der Waals surface area contributed by atoms with Crippen LogP contribution in [0.3, 0.4) is 0 Å². The summed E-state index contributed by atoms with van der Waals surface area (Å²) >= 11 is 0. The second-order valence-electron chi connectivity index (χ2n) is 8.20. The Bertz CT molecular complexity index is 703. The van der Waals surface area contributed by atoms with Gasteiger partial charge in [0.1, 0.15) is 0 Å². The van der Waals surface area contributed by atoms with Crippen LogP contribution in [0.1, 0.15) is 63.4 Å². The van der Waals surface area contributed by atoms with Gasteiger partial charge in [-0.1, -0.05) is 46.8 Å². The zero-order chi connectivity index (χ0) is 19.9. The fourth-order valence-corrected chi connectivity index (χ4v) is 2.87. The highest BCUT2D eigenvalue weighted by Crippen LogP contribution is 2.41. The fraction of sp³-hybridized carbons (Fsp3) is 0.579. The van der Waals surface area contributed by atoms with E-state index in [2.05, 4.69) is 5.10 Å². The van der Waals surface area contributed by atoms with Gasteiger partial charge in [0, 0.05) is 17.7 Å². The third-order valence-electron chi connectivity index (χ3n) is 4.33. The van der Waals surface area contributed by atoms with Crippen molar-refractivity contribution in [2.24, 2.45) is 11.0 Å². The molecule has 1 amide bonds. The quantitative estimate of drug-likeness (QED) is 0.853. The van der Waals surface area contributed by atoms with Gasteiger partial charge in [-0.05, 0) is 35.4 Å². The minimum Gasteiger partial charge on any atom is -0.362 e. The highest BCUT2D eigenvalue weighted by Gasteiger charge is 2.63. The number of nitrogens with zero attached hydrogens (tertiary/aromatic N) is 2. The van der Waals surface area contributed by atoms with Crippen molar-refractivity contribution < 1.29 is 23.1 Å². The van der Waals surface area contributed by atoms with Crippen molar-refractivity contribution in [3.8, 4) is 0 Å². The molecule has 0 aromatic heterocycles. The van der Waals surface area contributed by atoms with E-state index in [9.17, 15) is 23.1 Å². The first-order chi connectivity index (χ1) is 11.8. The molecule has 1 aromatic carbocycles. The normalized spacial score (nSPS) is 21.3. The Kier molecular flexibility index (Phi) is 5.25. The van der Waals surface area contributed by atoms with Gasteiger partial charge >= 0.3 is 6.18 Å². The van der Waals surface area contributed by atoms with E-state index in [4.69, 9.17) is 0 Å². The number of carbonyl (C=O) groups excluding carboxylic acids is 1. The van der Waals surface area contributed by atoms with Gasteiger partial charge in [-0.15, -0.1) is 0 Å². The van der Waals surface area contributed by atoms with Gasteiger partial charge < -0.3 is 5.11 Å². The highest BCUT2D eigenvalue weighted by molar-refractivity contribution is 5.98.